The van der Waals surface area contributed by atoms with Crippen LogP contribution in [0.5, 0.6) is 0 Å². The number of likely N-dealkylation sites (N-methyl/N-ethyl adjacent to an activating group) is 1. The molecule has 0 aliphatic carbocycles. The zero-order valence-corrected chi connectivity index (χ0v) is 6.86. The first-order valence-corrected chi connectivity index (χ1v) is 3.73. The molecule has 3 heteroatoms. The van der Waals surface area contributed by atoms with Crippen LogP contribution in [-0.4, -0.2) is 30.5 Å². The zero-order valence-electron chi connectivity index (χ0n) is 6.86. The quantitative estimate of drug-likeness (QED) is 0.551. The Kier molecular flexibility index (Phi) is 2.52. The van der Waals surface area contributed by atoms with Gasteiger partial charge in [0.1, 0.15) is 0 Å². The molecule has 0 aromatic rings. The van der Waals surface area contributed by atoms with Crippen molar-refractivity contribution in [3.63, 3.8) is 0 Å². The highest BCUT2D eigenvalue weighted by atomic mass is 16.5. The lowest BCUT2D eigenvalue weighted by atomic mass is 10.1. The van der Waals surface area contributed by atoms with Crippen molar-refractivity contribution in [2.75, 3.05) is 7.05 Å². The number of nitrogens with zero attached hydrogens (tertiary/aromatic N) is 1. The summed E-state index contributed by atoms with van der Waals surface area (Å²) < 4.78 is 5.18. The van der Waals surface area contributed by atoms with Crippen molar-refractivity contribution in [1.29, 1.82) is 0 Å². The minimum absolute atomic E-state index is 0.205. The van der Waals surface area contributed by atoms with Crippen molar-refractivity contribution in [3.8, 4) is 0 Å². The van der Waals surface area contributed by atoms with Gasteiger partial charge in [-0.1, -0.05) is 0 Å². The molecule has 2 atom stereocenters. The fourth-order valence-corrected chi connectivity index (χ4v) is 1.12. The van der Waals surface area contributed by atoms with E-state index in [4.69, 9.17) is 4.74 Å². The van der Waals surface area contributed by atoms with Gasteiger partial charge in [0, 0.05) is 13.5 Å². The Balaban J connectivity index is 2.52. The molecule has 0 N–H and O–H groups in total. The summed E-state index contributed by atoms with van der Waals surface area (Å²) in [7, 11) is 1.78. The Morgan fingerprint density at radius 1 is 1.73 bits per heavy atom. The minimum Gasteiger partial charge on any atom is -0.498 e. The molecule has 0 bridgehead atoms. The SMILES string of the molecule is C[C@@H]1C[C@@H](N(C)C=O)C=CO1. The first-order valence-electron chi connectivity index (χ1n) is 3.73. The normalized spacial score (nSPS) is 29.3. The highest BCUT2D eigenvalue weighted by Crippen LogP contribution is 2.13. The molecule has 0 saturated heterocycles. The Labute approximate surface area is 66.6 Å². The van der Waals surface area contributed by atoms with E-state index >= 15 is 0 Å². The van der Waals surface area contributed by atoms with Crippen LogP contribution in [0.2, 0.25) is 0 Å². The Morgan fingerprint density at radius 2 is 2.45 bits per heavy atom. The standard InChI is InChI=1S/C8H13NO2/c1-7-5-8(3-4-11-7)9(2)6-10/h3-4,6-8H,5H2,1-2H3/t7-,8+/m1/s1. The topological polar surface area (TPSA) is 29.5 Å². The molecule has 0 unspecified atom stereocenters. The molecule has 0 aromatic heterocycles. The van der Waals surface area contributed by atoms with Crippen LogP contribution in [0, 0.1) is 0 Å². The van der Waals surface area contributed by atoms with Crippen LogP contribution in [-0.2, 0) is 9.53 Å². The molecule has 0 saturated carbocycles. The van der Waals surface area contributed by atoms with Gasteiger partial charge in [-0.05, 0) is 13.0 Å². The van der Waals surface area contributed by atoms with E-state index in [9.17, 15) is 4.79 Å². The van der Waals surface area contributed by atoms with Gasteiger partial charge in [0.2, 0.25) is 6.41 Å². The van der Waals surface area contributed by atoms with Crippen molar-refractivity contribution in [1.82, 2.24) is 4.90 Å². The van der Waals surface area contributed by atoms with Gasteiger partial charge in [0.25, 0.3) is 0 Å². The van der Waals surface area contributed by atoms with Crippen molar-refractivity contribution in [2.45, 2.75) is 25.5 Å². The van der Waals surface area contributed by atoms with Gasteiger partial charge in [0.15, 0.2) is 0 Å². The number of carbonyl (C=O) groups is 1. The van der Waals surface area contributed by atoms with E-state index in [-0.39, 0.29) is 12.1 Å². The second kappa shape index (κ2) is 3.42. The maximum absolute atomic E-state index is 10.4. The summed E-state index contributed by atoms with van der Waals surface area (Å²) in [4.78, 5) is 12.0. The molecule has 62 valence electrons. The van der Waals surface area contributed by atoms with E-state index < -0.39 is 0 Å². The number of ether oxygens (including phenoxy) is 1. The number of rotatable bonds is 2. The summed E-state index contributed by atoms with van der Waals surface area (Å²) in [6.07, 6.45) is 5.50. The molecule has 1 rings (SSSR count). The summed E-state index contributed by atoms with van der Waals surface area (Å²) in [5, 5.41) is 0. The summed E-state index contributed by atoms with van der Waals surface area (Å²) >= 11 is 0. The smallest absolute Gasteiger partial charge is 0.209 e. The van der Waals surface area contributed by atoms with Crippen LogP contribution in [0.4, 0.5) is 0 Å². The molecule has 0 aromatic carbocycles. The molecule has 0 fully saturated rings. The number of amides is 1. The van der Waals surface area contributed by atoms with E-state index in [0.717, 1.165) is 12.8 Å². The van der Waals surface area contributed by atoms with E-state index in [1.807, 2.05) is 13.0 Å². The van der Waals surface area contributed by atoms with Gasteiger partial charge in [0.05, 0.1) is 18.4 Å². The monoisotopic (exact) mass is 155 g/mol. The first kappa shape index (κ1) is 8.11. The highest BCUT2D eigenvalue weighted by molar-refractivity contribution is 5.47. The maximum atomic E-state index is 10.4. The van der Waals surface area contributed by atoms with Crippen LogP contribution in [0.25, 0.3) is 0 Å². The van der Waals surface area contributed by atoms with Crippen molar-refractivity contribution in [2.24, 2.45) is 0 Å². The lowest BCUT2D eigenvalue weighted by Crippen LogP contribution is -2.33. The second-order valence-corrected chi connectivity index (χ2v) is 2.85. The van der Waals surface area contributed by atoms with E-state index in [1.165, 1.54) is 0 Å². The predicted molar refractivity (Wildman–Crippen MR) is 41.9 cm³/mol. The Hall–Kier alpha value is -0.990. The first-order chi connectivity index (χ1) is 5.24. The number of hydrogen-bond acceptors (Lipinski definition) is 2. The van der Waals surface area contributed by atoms with Crippen LogP contribution in [0.3, 0.4) is 0 Å². The van der Waals surface area contributed by atoms with Crippen LogP contribution >= 0.6 is 0 Å². The number of carbonyl (C=O) groups excluding carboxylic acids is 1. The third-order valence-electron chi connectivity index (χ3n) is 1.87. The Bertz CT molecular complexity index is 167. The van der Waals surface area contributed by atoms with Crippen molar-refractivity contribution >= 4 is 6.41 Å². The minimum atomic E-state index is 0.205. The lowest BCUT2D eigenvalue weighted by Gasteiger charge is -2.27. The fourth-order valence-electron chi connectivity index (χ4n) is 1.12. The Morgan fingerprint density at radius 3 is 3.00 bits per heavy atom. The van der Waals surface area contributed by atoms with E-state index in [2.05, 4.69) is 0 Å². The van der Waals surface area contributed by atoms with Gasteiger partial charge in [-0.3, -0.25) is 4.79 Å². The van der Waals surface area contributed by atoms with Gasteiger partial charge in [-0.25, -0.2) is 0 Å². The average molecular weight is 155 g/mol. The molecule has 1 aliphatic heterocycles. The van der Waals surface area contributed by atoms with Crippen LogP contribution in [0.1, 0.15) is 13.3 Å². The zero-order chi connectivity index (χ0) is 8.27. The molecule has 0 radical (unpaired) electrons. The second-order valence-electron chi connectivity index (χ2n) is 2.85. The third-order valence-corrected chi connectivity index (χ3v) is 1.87. The van der Waals surface area contributed by atoms with Gasteiger partial charge < -0.3 is 9.64 Å². The van der Waals surface area contributed by atoms with E-state index in [1.54, 1.807) is 18.2 Å². The van der Waals surface area contributed by atoms with Crippen molar-refractivity contribution in [3.05, 3.63) is 12.3 Å². The largest absolute Gasteiger partial charge is 0.498 e. The molecular formula is C8H13NO2. The van der Waals surface area contributed by atoms with E-state index in [0.29, 0.717) is 0 Å². The molecule has 1 amide bonds. The van der Waals surface area contributed by atoms with Gasteiger partial charge in [-0.15, -0.1) is 0 Å². The third kappa shape index (κ3) is 1.97. The maximum Gasteiger partial charge on any atom is 0.209 e. The predicted octanol–water partition coefficient (Wildman–Crippen LogP) is 0.766. The lowest BCUT2D eigenvalue weighted by molar-refractivity contribution is -0.118. The fraction of sp³-hybridized carbons (Fsp3) is 0.625. The average Bonchev–Trinajstić information content (AvgIpc) is 2.03. The van der Waals surface area contributed by atoms with Crippen LogP contribution in [0.15, 0.2) is 12.3 Å². The molecule has 11 heavy (non-hydrogen) atoms. The summed E-state index contributed by atoms with van der Waals surface area (Å²) in [5.74, 6) is 0. The van der Waals surface area contributed by atoms with Crippen molar-refractivity contribution < 1.29 is 9.53 Å². The molecule has 3 nitrogen and oxygen atoms in total. The molecular weight excluding hydrogens is 142 g/mol. The summed E-state index contributed by atoms with van der Waals surface area (Å²) in [5.41, 5.74) is 0. The van der Waals surface area contributed by atoms with Crippen LogP contribution < -0.4 is 0 Å². The summed E-state index contributed by atoms with van der Waals surface area (Å²) in [6, 6.07) is 0.205. The highest BCUT2D eigenvalue weighted by Gasteiger charge is 2.17. The molecule has 1 heterocycles. The molecule has 1 aliphatic rings. The van der Waals surface area contributed by atoms with Gasteiger partial charge in [-0.2, -0.15) is 0 Å². The number of hydrogen-bond donors (Lipinski definition) is 0. The van der Waals surface area contributed by atoms with Gasteiger partial charge >= 0.3 is 0 Å². The molecule has 0 spiro atoms. The summed E-state index contributed by atoms with van der Waals surface area (Å²) in [6.45, 7) is 2.00.